The maximum Gasteiger partial charge on any atom is 0.230 e. The minimum absolute atomic E-state index is 0.0228. The molecule has 28 heavy (non-hydrogen) atoms. The summed E-state index contributed by atoms with van der Waals surface area (Å²) in [4.78, 5) is 25.6. The summed E-state index contributed by atoms with van der Waals surface area (Å²) in [5.74, 6) is -0.344. The fourth-order valence-corrected chi connectivity index (χ4v) is 3.42. The van der Waals surface area contributed by atoms with E-state index >= 15 is 0 Å². The van der Waals surface area contributed by atoms with Crippen LogP contribution in [-0.2, 0) is 10.8 Å². The molecule has 0 aliphatic heterocycles. The maximum atomic E-state index is 12.9. The Morgan fingerprint density at radius 3 is 1.89 bits per heavy atom. The first kappa shape index (κ1) is 20.3. The van der Waals surface area contributed by atoms with Gasteiger partial charge in [0.05, 0.1) is 0 Å². The van der Waals surface area contributed by atoms with E-state index in [2.05, 4.69) is 47.6 Å². The third-order valence-electron chi connectivity index (χ3n) is 4.89. The van der Waals surface area contributed by atoms with Crippen LogP contribution in [0.15, 0.2) is 53.3 Å². The highest BCUT2D eigenvalue weighted by atomic mass is 35.5. The van der Waals surface area contributed by atoms with Crippen LogP contribution in [0.1, 0.15) is 73.4 Å². The van der Waals surface area contributed by atoms with E-state index in [1.54, 1.807) is 24.3 Å². The van der Waals surface area contributed by atoms with Gasteiger partial charge in [0, 0.05) is 16.7 Å². The van der Waals surface area contributed by atoms with Gasteiger partial charge in [-0.2, -0.15) is 0 Å². The molecular formula is C24H25ClO3. The van der Waals surface area contributed by atoms with Crippen molar-refractivity contribution in [1.82, 2.24) is 0 Å². The third kappa shape index (κ3) is 3.64. The van der Waals surface area contributed by atoms with Crippen molar-refractivity contribution in [2.75, 3.05) is 0 Å². The number of rotatable bonds is 2. The lowest BCUT2D eigenvalue weighted by Crippen LogP contribution is -2.24. The van der Waals surface area contributed by atoms with Gasteiger partial charge in [-0.25, -0.2) is 0 Å². The third-order valence-corrected chi connectivity index (χ3v) is 5.23. The average molecular weight is 397 g/mol. The van der Waals surface area contributed by atoms with Gasteiger partial charge >= 0.3 is 0 Å². The van der Waals surface area contributed by atoms with Gasteiger partial charge in [-0.1, -0.05) is 89.5 Å². The second-order valence-electron chi connectivity index (χ2n) is 9.16. The van der Waals surface area contributed by atoms with E-state index in [4.69, 9.17) is 16.3 Å². The van der Waals surface area contributed by atoms with Gasteiger partial charge in [0.1, 0.15) is 10.8 Å². The van der Waals surface area contributed by atoms with Crippen LogP contribution in [-0.4, -0.2) is 11.6 Å². The molecule has 0 saturated carbocycles. The van der Waals surface area contributed by atoms with Crippen LogP contribution < -0.4 is 4.74 Å². The number of allylic oxidation sites excluding steroid dienone is 2. The molecule has 3 rings (SSSR count). The van der Waals surface area contributed by atoms with E-state index in [9.17, 15) is 9.59 Å². The van der Waals surface area contributed by atoms with Gasteiger partial charge in [-0.15, -0.1) is 0 Å². The SMILES string of the molecule is CC(C)(C)c1ccc(OC2=C(Cl)C(=O)c3ccccc3C2=O)c(C(C)(C)C)c1. The van der Waals surface area contributed by atoms with Gasteiger partial charge in [0.2, 0.25) is 11.6 Å². The first-order valence-corrected chi connectivity index (χ1v) is 9.70. The Balaban J connectivity index is 2.10. The molecule has 4 heteroatoms. The summed E-state index contributed by atoms with van der Waals surface area (Å²) >= 11 is 6.26. The number of hydrogen-bond acceptors (Lipinski definition) is 3. The highest BCUT2D eigenvalue weighted by Crippen LogP contribution is 2.38. The Kier molecular flexibility index (Phi) is 5.01. The zero-order valence-electron chi connectivity index (χ0n) is 17.1. The van der Waals surface area contributed by atoms with Crippen molar-refractivity contribution < 1.29 is 14.3 Å². The summed E-state index contributed by atoms with van der Waals surface area (Å²) in [5.41, 5.74) is 2.51. The van der Waals surface area contributed by atoms with Gasteiger partial charge in [-0.05, 0) is 22.5 Å². The van der Waals surface area contributed by atoms with E-state index in [1.807, 2.05) is 12.1 Å². The largest absolute Gasteiger partial charge is 0.451 e. The van der Waals surface area contributed by atoms with E-state index in [1.165, 1.54) is 5.56 Å². The summed E-state index contributed by atoms with van der Waals surface area (Å²) in [6, 6.07) is 12.6. The maximum absolute atomic E-state index is 12.9. The minimum Gasteiger partial charge on any atom is -0.451 e. The Morgan fingerprint density at radius 2 is 1.36 bits per heavy atom. The second kappa shape index (κ2) is 6.89. The lowest BCUT2D eigenvalue weighted by Gasteiger charge is -2.28. The zero-order valence-corrected chi connectivity index (χ0v) is 17.9. The molecule has 0 spiro atoms. The molecule has 0 heterocycles. The predicted molar refractivity (Wildman–Crippen MR) is 112 cm³/mol. The van der Waals surface area contributed by atoms with E-state index < -0.39 is 5.78 Å². The highest BCUT2D eigenvalue weighted by molar-refractivity contribution is 6.49. The van der Waals surface area contributed by atoms with E-state index in [0.717, 1.165) is 5.56 Å². The summed E-state index contributed by atoms with van der Waals surface area (Å²) < 4.78 is 6.01. The van der Waals surface area contributed by atoms with Gasteiger partial charge in [0.15, 0.2) is 5.76 Å². The van der Waals surface area contributed by atoms with Crippen LogP contribution in [0, 0.1) is 0 Å². The second-order valence-corrected chi connectivity index (χ2v) is 9.54. The van der Waals surface area contributed by atoms with Crippen molar-refractivity contribution in [3.63, 3.8) is 0 Å². The van der Waals surface area contributed by atoms with Crippen molar-refractivity contribution in [1.29, 1.82) is 0 Å². The topological polar surface area (TPSA) is 43.4 Å². The first-order chi connectivity index (χ1) is 12.9. The molecule has 0 atom stereocenters. The number of carbonyl (C=O) groups is 2. The quantitative estimate of drug-likeness (QED) is 0.607. The number of fused-ring (bicyclic) bond motifs is 1. The Bertz CT molecular complexity index is 1000. The first-order valence-electron chi connectivity index (χ1n) is 9.32. The molecule has 0 N–H and O–H groups in total. The smallest absolute Gasteiger partial charge is 0.230 e. The summed E-state index contributed by atoms with van der Waals surface area (Å²) in [7, 11) is 0. The molecule has 1 aliphatic carbocycles. The lowest BCUT2D eigenvalue weighted by atomic mass is 9.80. The number of ketones is 2. The van der Waals surface area contributed by atoms with Gasteiger partial charge in [0.25, 0.3) is 0 Å². The fraction of sp³-hybridized carbons (Fsp3) is 0.333. The summed E-state index contributed by atoms with van der Waals surface area (Å²) in [5, 5.41) is -0.177. The van der Waals surface area contributed by atoms with Gasteiger partial charge in [-0.3, -0.25) is 9.59 Å². The number of carbonyl (C=O) groups excluding carboxylic acids is 2. The van der Waals surface area contributed by atoms with E-state index in [0.29, 0.717) is 16.9 Å². The van der Waals surface area contributed by atoms with Crippen molar-refractivity contribution in [3.05, 3.63) is 75.5 Å². The number of halogens is 1. The molecule has 0 amide bonds. The molecule has 0 aromatic heterocycles. The van der Waals surface area contributed by atoms with E-state index in [-0.39, 0.29) is 27.4 Å². The van der Waals surface area contributed by atoms with Crippen molar-refractivity contribution in [3.8, 4) is 5.75 Å². The number of Topliss-reactive ketones (excluding diaryl/α,β-unsaturated/α-hetero) is 2. The molecule has 0 saturated heterocycles. The Morgan fingerprint density at radius 1 is 0.786 bits per heavy atom. The minimum atomic E-state index is -0.393. The normalized spacial score (nSPS) is 15.0. The van der Waals surface area contributed by atoms with Crippen LogP contribution in [0.3, 0.4) is 0 Å². The highest BCUT2D eigenvalue weighted by Gasteiger charge is 2.34. The molecular weight excluding hydrogens is 372 g/mol. The number of benzene rings is 2. The average Bonchev–Trinajstić information content (AvgIpc) is 2.62. The fourth-order valence-electron chi connectivity index (χ4n) is 3.20. The lowest BCUT2D eigenvalue weighted by molar-refractivity contribution is 0.0942. The molecule has 1 aliphatic rings. The van der Waals surface area contributed by atoms with Crippen LogP contribution in [0.5, 0.6) is 5.75 Å². The van der Waals surface area contributed by atoms with Crippen molar-refractivity contribution in [2.45, 2.75) is 52.4 Å². The van der Waals surface area contributed by atoms with Crippen LogP contribution in [0.2, 0.25) is 0 Å². The molecule has 3 nitrogen and oxygen atoms in total. The van der Waals surface area contributed by atoms with Crippen LogP contribution >= 0.6 is 11.6 Å². The molecule has 2 aromatic carbocycles. The molecule has 146 valence electrons. The predicted octanol–water partition coefficient (Wildman–Crippen LogP) is 6.19. The summed E-state index contributed by atoms with van der Waals surface area (Å²) in [6.07, 6.45) is 0. The zero-order chi connectivity index (χ0) is 20.9. The van der Waals surface area contributed by atoms with Crippen LogP contribution in [0.25, 0.3) is 0 Å². The number of ether oxygens (including phenoxy) is 1. The standard InChI is InChI=1S/C24H25ClO3/c1-23(2,3)14-11-12-18(17(13-14)24(4,5)6)28-22-19(25)20(26)15-9-7-8-10-16(15)21(22)27/h7-13H,1-6H3. The van der Waals surface area contributed by atoms with Crippen LogP contribution in [0.4, 0.5) is 0 Å². The monoisotopic (exact) mass is 396 g/mol. The van der Waals surface area contributed by atoms with Crippen molar-refractivity contribution >= 4 is 23.2 Å². The molecule has 0 unspecified atom stereocenters. The molecule has 0 bridgehead atoms. The molecule has 0 radical (unpaired) electrons. The summed E-state index contributed by atoms with van der Waals surface area (Å²) in [6.45, 7) is 12.7. The van der Waals surface area contributed by atoms with Crippen molar-refractivity contribution in [2.24, 2.45) is 0 Å². The number of hydrogen-bond donors (Lipinski definition) is 0. The molecule has 0 fully saturated rings. The van der Waals surface area contributed by atoms with Gasteiger partial charge < -0.3 is 4.74 Å². The Hall–Kier alpha value is -2.39. The Labute approximate surface area is 171 Å². The molecule has 2 aromatic rings.